The molecule has 150 valence electrons. The molecule has 0 aliphatic rings. The smallest absolute Gasteiger partial charge is 0.254 e. The summed E-state index contributed by atoms with van der Waals surface area (Å²) >= 11 is 0. The summed E-state index contributed by atoms with van der Waals surface area (Å²) in [6.45, 7) is 4.33. The number of pyridine rings is 2. The van der Waals surface area contributed by atoms with Crippen LogP contribution < -0.4 is 5.32 Å². The van der Waals surface area contributed by atoms with Gasteiger partial charge < -0.3 is 5.32 Å². The SMILES string of the molecule is Cc1cccnc1CCNC(=O)c1cnn(-c2nccc(-c3cccnc3)n2)c1C. The Balaban J connectivity index is 1.49. The molecule has 8 heteroatoms. The highest BCUT2D eigenvalue weighted by atomic mass is 16.1. The first-order valence-electron chi connectivity index (χ1n) is 9.60. The molecule has 0 fully saturated rings. The Labute approximate surface area is 174 Å². The zero-order valence-corrected chi connectivity index (χ0v) is 16.8. The summed E-state index contributed by atoms with van der Waals surface area (Å²) < 4.78 is 1.57. The van der Waals surface area contributed by atoms with E-state index in [0.717, 1.165) is 22.5 Å². The maximum atomic E-state index is 12.6. The summed E-state index contributed by atoms with van der Waals surface area (Å²) in [5.74, 6) is 0.216. The van der Waals surface area contributed by atoms with Crippen LogP contribution in [0.5, 0.6) is 0 Å². The Morgan fingerprint density at radius 1 is 1.03 bits per heavy atom. The lowest BCUT2D eigenvalue weighted by atomic mass is 10.1. The van der Waals surface area contributed by atoms with E-state index in [0.29, 0.717) is 30.2 Å². The van der Waals surface area contributed by atoms with Crippen molar-refractivity contribution in [2.75, 3.05) is 6.54 Å². The van der Waals surface area contributed by atoms with Gasteiger partial charge in [0.05, 0.1) is 23.1 Å². The minimum atomic E-state index is -0.184. The molecule has 8 nitrogen and oxygen atoms in total. The fraction of sp³-hybridized carbons (Fsp3) is 0.182. The van der Waals surface area contributed by atoms with Crippen molar-refractivity contribution in [3.8, 4) is 17.2 Å². The van der Waals surface area contributed by atoms with Gasteiger partial charge in [0.1, 0.15) is 0 Å². The number of hydrogen-bond donors (Lipinski definition) is 1. The Morgan fingerprint density at radius 2 is 1.90 bits per heavy atom. The van der Waals surface area contributed by atoms with E-state index < -0.39 is 0 Å². The number of rotatable bonds is 6. The Morgan fingerprint density at radius 3 is 2.70 bits per heavy atom. The van der Waals surface area contributed by atoms with Gasteiger partial charge in [0.25, 0.3) is 11.9 Å². The third-order valence-electron chi connectivity index (χ3n) is 4.81. The van der Waals surface area contributed by atoms with Crippen molar-refractivity contribution in [2.45, 2.75) is 20.3 Å². The minimum Gasteiger partial charge on any atom is -0.352 e. The van der Waals surface area contributed by atoms with Gasteiger partial charge in [-0.2, -0.15) is 5.10 Å². The molecule has 0 bridgehead atoms. The van der Waals surface area contributed by atoms with Crippen LogP contribution in [0.15, 0.2) is 61.3 Å². The van der Waals surface area contributed by atoms with E-state index in [2.05, 4.69) is 30.4 Å². The first kappa shape index (κ1) is 19.4. The maximum Gasteiger partial charge on any atom is 0.254 e. The molecule has 4 aromatic heterocycles. The van der Waals surface area contributed by atoms with Gasteiger partial charge in [0.2, 0.25) is 0 Å². The second-order valence-electron chi connectivity index (χ2n) is 6.81. The standard InChI is InChI=1S/C22H21N7O/c1-15-5-3-10-24-19(15)7-11-25-21(30)18-14-27-29(16(18)2)22-26-12-8-20(28-22)17-6-4-9-23-13-17/h3-6,8-10,12-14H,7,11H2,1-2H3,(H,25,30). The van der Waals surface area contributed by atoms with Gasteiger partial charge in [-0.25, -0.2) is 14.6 Å². The number of amides is 1. The molecular weight excluding hydrogens is 378 g/mol. The second-order valence-corrected chi connectivity index (χ2v) is 6.81. The van der Waals surface area contributed by atoms with E-state index in [1.807, 2.05) is 44.2 Å². The highest BCUT2D eigenvalue weighted by Gasteiger charge is 2.16. The first-order valence-corrected chi connectivity index (χ1v) is 9.60. The van der Waals surface area contributed by atoms with E-state index in [4.69, 9.17) is 0 Å². The minimum absolute atomic E-state index is 0.184. The van der Waals surface area contributed by atoms with Crippen LogP contribution in [-0.4, -0.2) is 42.2 Å². The lowest BCUT2D eigenvalue weighted by molar-refractivity contribution is 0.0953. The third kappa shape index (κ3) is 4.07. The van der Waals surface area contributed by atoms with Crippen molar-refractivity contribution in [2.24, 2.45) is 0 Å². The molecule has 30 heavy (non-hydrogen) atoms. The Bertz CT molecular complexity index is 1170. The third-order valence-corrected chi connectivity index (χ3v) is 4.81. The van der Waals surface area contributed by atoms with Crippen molar-refractivity contribution < 1.29 is 4.79 Å². The number of aryl methyl sites for hydroxylation is 1. The summed E-state index contributed by atoms with van der Waals surface area (Å²) in [6.07, 6.45) is 9.09. The average Bonchev–Trinajstić information content (AvgIpc) is 3.17. The van der Waals surface area contributed by atoms with Crippen LogP contribution >= 0.6 is 0 Å². The highest BCUT2D eigenvalue weighted by molar-refractivity contribution is 5.95. The topological polar surface area (TPSA) is 98.5 Å². The van der Waals surface area contributed by atoms with Gasteiger partial charge in [-0.15, -0.1) is 0 Å². The molecule has 0 aliphatic carbocycles. The zero-order chi connectivity index (χ0) is 20.9. The van der Waals surface area contributed by atoms with Crippen LogP contribution in [0, 0.1) is 13.8 Å². The molecule has 4 aromatic rings. The molecule has 4 heterocycles. The number of carbonyl (C=O) groups is 1. The van der Waals surface area contributed by atoms with Gasteiger partial charge in [-0.1, -0.05) is 6.07 Å². The fourth-order valence-electron chi connectivity index (χ4n) is 3.13. The lowest BCUT2D eigenvalue weighted by Gasteiger charge is -2.07. The number of carbonyl (C=O) groups excluding carboxylic acids is 1. The number of nitrogens with one attached hydrogen (secondary N) is 1. The quantitative estimate of drug-likeness (QED) is 0.535. The van der Waals surface area contributed by atoms with Crippen molar-refractivity contribution in [3.05, 3.63) is 83.8 Å². The van der Waals surface area contributed by atoms with Crippen LogP contribution in [0.2, 0.25) is 0 Å². The number of hydrogen-bond acceptors (Lipinski definition) is 6. The van der Waals surface area contributed by atoms with Gasteiger partial charge >= 0.3 is 0 Å². The van der Waals surface area contributed by atoms with Crippen LogP contribution in [-0.2, 0) is 6.42 Å². The Kier molecular flexibility index (Phi) is 5.56. The molecule has 1 N–H and O–H groups in total. The molecule has 0 atom stereocenters. The molecule has 0 radical (unpaired) electrons. The van der Waals surface area contributed by atoms with Crippen LogP contribution in [0.4, 0.5) is 0 Å². The van der Waals surface area contributed by atoms with Gasteiger partial charge in [-0.3, -0.25) is 14.8 Å². The molecule has 0 aromatic carbocycles. The van der Waals surface area contributed by atoms with E-state index >= 15 is 0 Å². The molecule has 0 aliphatic heterocycles. The van der Waals surface area contributed by atoms with Crippen molar-refractivity contribution in [1.29, 1.82) is 0 Å². The molecule has 4 rings (SSSR count). The van der Waals surface area contributed by atoms with E-state index in [1.54, 1.807) is 29.5 Å². The van der Waals surface area contributed by atoms with E-state index in [1.165, 1.54) is 6.20 Å². The monoisotopic (exact) mass is 399 g/mol. The molecule has 0 saturated heterocycles. The highest BCUT2D eigenvalue weighted by Crippen LogP contribution is 2.17. The van der Waals surface area contributed by atoms with Gasteiger partial charge in [0.15, 0.2) is 0 Å². The molecular formula is C22H21N7O. The number of nitrogens with zero attached hydrogens (tertiary/aromatic N) is 6. The summed E-state index contributed by atoms with van der Waals surface area (Å²) in [5.41, 5.74) is 4.87. The maximum absolute atomic E-state index is 12.6. The molecule has 0 saturated carbocycles. The second kappa shape index (κ2) is 8.60. The predicted molar refractivity (Wildman–Crippen MR) is 112 cm³/mol. The van der Waals surface area contributed by atoms with Crippen molar-refractivity contribution >= 4 is 5.91 Å². The first-order chi connectivity index (χ1) is 14.6. The normalized spacial score (nSPS) is 10.7. The van der Waals surface area contributed by atoms with Crippen LogP contribution in [0.3, 0.4) is 0 Å². The van der Waals surface area contributed by atoms with E-state index in [9.17, 15) is 4.79 Å². The molecule has 0 unspecified atom stereocenters. The van der Waals surface area contributed by atoms with Gasteiger partial charge in [0, 0.05) is 49.0 Å². The summed E-state index contributed by atoms with van der Waals surface area (Å²) in [5, 5.41) is 7.26. The largest absolute Gasteiger partial charge is 0.352 e. The number of aromatic nitrogens is 6. The van der Waals surface area contributed by atoms with Crippen LogP contribution in [0.1, 0.15) is 27.3 Å². The Hall–Kier alpha value is -3.94. The lowest BCUT2D eigenvalue weighted by Crippen LogP contribution is -2.26. The van der Waals surface area contributed by atoms with E-state index in [-0.39, 0.29) is 5.91 Å². The molecule has 0 spiro atoms. The van der Waals surface area contributed by atoms with Crippen molar-refractivity contribution in [1.82, 2.24) is 35.0 Å². The summed E-state index contributed by atoms with van der Waals surface area (Å²) in [7, 11) is 0. The van der Waals surface area contributed by atoms with Crippen molar-refractivity contribution in [3.63, 3.8) is 0 Å². The fourth-order valence-corrected chi connectivity index (χ4v) is 3.13. The summed E-state index contributed by atoms with van der Waals surface area (Å²) in [6, 6.07) is 9.51. The molecule has 1 amide bonds. The predicted octanol–water partition coefficient (Wildman–Crippen LogP) is 2.71. The summed E-state index contributed by atoms with van der Waals surface area (Å²) in [4.78, 5) is 30.0. The average molecular weight is 399 g/mol. The van der Waals surface area contributed by atoms with Gasteiger partial charge in [-0.05, 0) is 43.7 Å². The zero-order valence-electron chi connectivity index (χ0n) is 16.8. The van der Waals surface area contributed by atoms with Crippen LogP contribution in [0.25, 0.3) is 17.2 Å².